The third-order valence-electron chi connectivity index (χ3n) is 6.95. The number of ether oxygens (including phenoxy) is 2. The molecule has 0 spiro atoms. The lowest BCUT2D eigenvalue weighted by Gasteiger charge is -2.37. The van der Waals surface area contributed by atoms with Crippen LogP contribution in [-0.4, -0.2) is 30.7 Å². The highest BCUT2D eigenvalue weighted by atomic mass is 35.5. The first-order chi connectivity index (χ1) is 18.4. The molecule has 1 heterocycles. The maximum atomic E-state index is 13.9. The number of nitrogens with one attached hydrogen (secondary N) is 2. The minimum absolute atomic E-state index is 0.0212. The molecule has 5 rings (SSSR count). The van der Waals surface area contributed by atoms with E-state index in [9.17, 15) is 18.8 Å². The van der Waals surface area contributed by atoms with Gasteiger partial charge in [0.25, 0.3) is 5.91 Å². The lowest BCUT2D eigenvalue weighted by Crippen LogP contribution is -2.36. The fourth-order valence-electron chi connectivity index (χ4n) is 5.36. The summed E-state index contributed by atoms with van der Waals surface area (Å²) < 4.78 is 25.5. The molecule has 9 heteroatoms. The summed E-state index contributed by atoms with van der Waals surface area (Å²) in [6, 6.07) is 9.23. The zero-order chi connectivity index (χ0) is 26.8. The summed E-state index contributed by atoms with van der Waals surface area (Å²) >= 11 is 6.67. The Morgan fingerprint density at radius 1 is 1.03 bits per heavy atom. The number of allylic oxidation sites excluding steroid dienone is 4. The molecule has 2 aromatic carbocycles. The Kier molecular flexibility index (Phi) is 7.51. The van der Waals surface area contributed by atoms with Gasteiger partial charge in [0.2, 0.25) is 0 Å². The quantitative estimate of drug-likeness (QED) is 0.477. The molecule has 3 aliphatic rings. The minimum Gasteiger partial charge on any atom is -0.490 e. The summed E-state index contributed by atoms with van der Waals surface area (Å²) in [6.07, 6.45) is 3.87. The Bertz CT molecular complexity index is 1340. The maximum Gasteiger partial charge on any atom is 0.262 e. The van der Waals surface area contributed by atoms with E-state index in [1.54, 1.807) is 25.1 Å². The zero-order valence-electron chi connectivity index (χ0n) is 21.0. The van der Waals surface area contributed by atoms with Gasteiger partial charge in [-0.05, 0) is 62.4 Å². The van der Waals surface area contributed by atoms with Gasteiger partial charge in [-0.25, -0.2) is 4.39 Å². The molecule has 0 atom stereocenters. The van der Waals surface area contributed by atoms with Crippen molar-refractivity contribution in [2.24, 2.45) is 0 Å². The van der Waals surface area contributed by atoms with E-state index < -0.39 is 24.2 Å². The molecular formula is C29H28ClFN2O5. The predicted octanol–water partition coefficient (Wildman–Crippen LogP) is 5.60. The summed E-state index contributed by atoms with van der Waals surface area (Å²) in [5, 5.41) is 6.05. The van der Waals surface area contributed by atoms with E-state index in [1.807, 2.05) is 0 Å². The van der Waals surface area contributed by atoms with E-state index in [1.165, 1.54) is 18.2 Å². The number of dihydropyridines is 1. The van der Waals surface area contributed by atoms with Crippen LogP contribution in [0.15, 0.2) is 58.9 Å². The number of para-hydroxylation sites is 1. The second-order valence-corrected chi connectivity index (χ2v) is 9.88. The molecule has 0 bridgehead atoms. The number of anilines is 1. The molecule has 2 aromatic rings. The Morgan fingerprint density at radius 3 is 2.32 bits per heavy atom. The highest BCUT2D eigenvalue weighted by Crippen LogP contribution is 2.48. The molecule has 38 heavy (non-hydrogen) atoms. The average Bonchev–Trinajstić information content (AvgIpc) is 2.89. The number of amides is 1. The number of Topliss-reactive ketones (excluding diaryl/α,β-unsaturated/α-hetero) is 2. The van der Waals surface area contributed by atoms with Gasteiger partial charge < -0.3 is 20.1 Å². The van der Waals surface area contributed by atoms with Crippen molar-refractivity contribution in [1.29, 1.82) is 0 Å². The van der Waals surface area contributed by atoms with E-state index >= 15 is 0 Å². The molecule has 0 saturated carbocycles. The van der Waals surface area contributed by atoms with Crippen molar-refractivity contribution in [2.75, 3.05) is 18.5 Å². The van der Waals surface area contributed by atoms with Gasteiger partial charge in [0.05, 0.1) is 17.3 Å². The molecule has 0 fully saturated rings. The third kappa shape index (κ3) is 5.05. The number of benzene rings is 2. The molecule has 0 saturated heterocycles. The number of hydrogen-bond acceptors (Lipinski definition) is 6. The van der Waals surface area contributed by atoms with Crippen LogP contribution in [0, 0.1) is 5.82 Å². The summed E-state index contributed by atoms with van der Waals surface area (Å²) in [5.74, 6) is -1.18. The maximum absolute atomic E-state index is 13.9. The van der Waals surface area contributed by atoms with Crippen LogP contribution in [0.2, 0.25) is 5.02 Å². The molecule has 1 aliphatic heterocycles. The van der Waals surface area contributed by atoms with Gasteiger partial charge in [-0.2, -0.15) is 0 Å². The Morgan fingerprint density at radius 2 is 1.68 bits per heavy atom. The minimum atomic E-state index is -0.568. The van der Waals surface area contributed by atoms with Crippen LogP contribution in [-0.2, 0) is 14.4 Å². The average molecular weight is 539 g/mol. The number of carbonyl (C=O) groups is 3. The van der Waals surface area contributed by atoms with Crippen molar-refractivity contribution in [3.8, 4) is 11.5 Å². The summed E-state index contributed by atoms with van der Waals surface area (Å²) in [7, 11) is 0. The Balaban J connectivity index is 1.48. The van der Waals surface area contributed by atoms with Gasteiger partial charge in [0.1, 0.15) is 5.82 Å². The Labute approximate surface area is 225 Å². The van der Waals surface area contributed by atoms with E-state index in [4.69, 9.17) is 21.1 Å². The van der Waals surface area contributed by atoms with Crippen molar-refractivity contribution < 1.29 is 28.2 Å². The summed E-state index contributed by atoms with van der Waals surface area (Å²) in [4.78, 5) is 38.7. The third-order valence-corrected chi connectivity index (χ3v) is 7.23. The monoisotopic (exact) mass is 538 g/mol. The number of carbonyl (C=O) groups excluding carboxylic acids is 3. The molecule has 2 aliphatic carbocycles. The van der Waals surface area contributed by atoms with Gasteiger partial charge in [-0.3, -0.25) is 14.4 Å². The fraction of sp³-hybridized carbons (Fsp3) is 0.345. The first-order valence-electron chi connectivity index (χ1n) is 12.8. The standard InChI is InChI=1S/C29H28ClFN2O5/c1-2-37-24-14-16(13-17(30)29(24)38-15-25(36)33-19-8-4-3-7-18(19)31)26-27-20(9-5-11-22(27)34)32-21-10-6-12-23(35)28(21)26/h3-4,7-8,13-14,26,32H,2,5-6,9-12,15H2,1H3,(H,33,36). The van der Waals surface area contributed by atoms with Crippen LogP contribution in [0.1, 0.15) is 56.9 Å². The predicted molar refractivity (Wildman–Crippen MR) is 141 cm³/mol. The summed E-state index contributed by atoms with van der Waals surface area (Å²) in [5.41, 5.74) is 3.68. The second-order valence-electron chi connectivity index (χ2n) is 9.48. The van der Waals surface area contributed by atoms with Crippen molar-refractivity contribution in [2.45, 2.75) is 51.4 Å². The van der Waals surface area contributed by atoms with Gasteiger partial charge in [-0.15, -0.1) is 0 Å². The number of ketones is 2. The normalized spacial score (nSPS) is 17.6. The van der Waals surface area contributed by atoms with Crippen LogP contribution >= 0.6 is 11.6 Å². The molecule has 198 valence electrons. The van der Waals surface area contributed by atoms with Crippen LogP contribution < -0.4 is 20.1 Å². The number of halogens is 2. The largest absolute Gasteiger partial charge is 0.490 e. The highest BCUT2D eigenvalue weighted by Gasteiger charge is 2.40. The Hall–Kier alpha value is -3.65. The smallest absolute Gasteiger partial charge is 0.262 e. The topological polar surface area (TPSA) is 93.7 Å². The zero-order valence-corrected chi connectivity index (χ0v) is 21.8. The fourth-order valence-corrected chi connectivity index (χ4v) is 5.63. The van der Waals surface area contributed by atoms with Gasteiger partial charge in [-0.1, -0.05) is 23.7 Å². The SMILES string of the molecule is CCOc1cc(C2C3=C(CCCC3=O)NC3=C2C(=O)CCC3)cc(Cl)c1OCC(=O)Nc1ccccc1F. The highest BCUT2D eigenvalue weighted by molar-refractivity contribution is 6.32. The van der Waals surface area contributed by atoms with Gasteiger partial charge >= 0.3 is 0 Å². The molecule has 1 amide bonds. The van der Waals surface area contributed by atoms with Crippen molar-refractivity contribution >= 4 is 34.8 Å². The number of hydrogen-bond donors (Lipinski definition) is 2. The van der Waals surface area contributed by atoms with Crippen molar-refractivity contribution in [3.05, 3.63) is 75.3 Å². The van der Waals surface area contributed by atoms with Gasteiger partial charge in [0, 0.05) is 41.3 Å². The van der Waals surface area contributed by atoms with Crippen LogP contribution in [0.4, 0.5) is 10.1 Å². The lowest BCUT2D eigenvalue weighted by atomic mass is 9.71. The van der Waals surface area contributed by atoms with E-state index in [0.29, 0.717) is 41.9 Å². The molecule has 7 nitrogen and oxygen atoms in total. The first kappa shape index (κ1) is 26.0. The van der Waals surface area contributed by atoms with E-state index in [-0.39, 0.29) is 28.0 Å². The van der Waals surface area contributed by atoms with E-state index in [0.717, 1.165) is 37.1 Å². The molecule has 0 radical (unpaired) electrons. The van der Waals surface area contributed by atoms with Crippen LogP contribution in [0.3, 0.4) is 0 Å². The van der Waals surface area contributed by atoms with Crippen LogP contribution in [0.5, 0.6) is 11.5 Å². The number of rotatable bonds is 7. The van der Waals surface area contributed by atoms with Crippen molar-refractivity contribution in [3.63, 3.8) is 0 Å². The molecule has 0 aromatic heterocycles. The molecule has 2 N–H and O–H groups in total. The molecular weight excluding hydrogens is 511 g/mol. The summed E-state index contributed by atoms with van der Waals surface area (Å²) in [6.45, 7) is 1.67. The molecule has 0 unspecified atom stereocenters. The lowest BCUT2D eigenvalue weighted by molar-refractivity contribution is -0.118. The first-order valence-corrected chi connectivity index (χ1v) is 13.2. The second kappa shape index (κ2) is 11.0. The van der Waals surface area contributed by atoms with Crippen molar-refractivity contribution in [1.82, 2.24) is 5.32 Å². The van der Waals surface area contributed by atoms with Gasteiger partial charge in [0.15, 0.2) is 29.7 Å². The van der Waals surface area contributed by atoms with Crippen LogP contribution in [0.25, 0.3) is 0 Å². The van der Waals surface area contributed by atoms with E-state index in [2.05, 4.69) is 10.6 Å².